The lowest BCUT2D eigenvalue weighted by molar-refractivity contribution is -0.167. The Labute approximate surface area is 504 Å². The summed E-state index contributed by atoms with van der Waals surface area (Å²) in [6.45, 7) is 6.66. The van der Waals surface area contributed by atoms with Crippen molar-refractivity contribution in [1.29, 1.82) is 0 Å². The van der Waals surface area contributed by atoms with Crippen LogP contribution in [0.15, 0.2) is 60.8 Å². The second kappa shape index (κ2) is 69.6. The zero-order valence-electron chi connectivity index (χ0n) is 54.3. The van der Waals surface area contributed by atoms with Crippen molar-refractivity contribution >= 4 is 17.9 Å². The number of carbonyl (C=O) groups excluding carboxylic acids is 3. The second-order valence-electron chi connectivity index (χ2n) is 24.1. The minimum atomic E-state index is -0.775. The van der Waals surface area contributed by atoms with Crippen molar-refractivity contribution in [2.75, 3.05) is 13.2 Å². The average molecular weight is 1130 g/mol. The van der Waals surface area contributed by atoms with Crippen LogP contribution >= 0.6 is 0 Å². The van der Waals surface area contributed by atoms with Gasteiger partial charge in [0.25, 0.3) is 0 Å². The molecule has 0 rings (SSSR count). The monoisotopic (exact) mass is 1130 g/mol. The summed E-state index contributed by atoms with van der Waals surface area (Å²) in [4.78, 5) is 38.4. The number of unbranched alkanes of at least 4 members (excludes halogenated alkanes) is 45. The topological polar surface area (TPSA) is 78.9 Å². The molecule has 0 radical (unpaired) electrons. The number of hydrogen-bond donors (Lipinski definition) is 0. The summed E-state index contributed by atoms with van der Waals surface area (Å²) < 4.78 is 17.0. The van der Waals surface area contributed by atoms with Crippen LogP contribution in [0.3, 0.4) is 0 Å². The Morgan fingerprint density at radius 3 is 0.716 bits per heavy atom. The molecule has 6 heteroatoms. The third-order valence-electron chi connectivity index (χ3n) is 16.0. The average Bonchev–Trinajstić information content (AvgIpc) is 3.46. The van der Waals surface area contributed by atoms with E-state index in [1.54, 1.807) is 0 Å². The van der Waals surface area contributed by atoms with E-state index in [0.29, 0.717) is 19.3 Å². The third kappa shape index (κ3) is 67.8. The molecule has 0 fully saturated rings. The molecule has 0 aliphatic rings. The first kappa shape index (κ1) is 78.1. The van der Waals surface area contributed by atoms with Crippen molar-refractivity contribution in [2.24, 2.45) is 0 Å². The standard InChI is InChI=1S/C75H136O6/c1-4-7-10-13-16-19-22-25-27-29-31-32-33-34-35-36-37-38-39-40-41-42-44-45-47-50-53-56-59-62-65-68-74(77)80-71-72(70-79-73(76)67-64-61-58-55-52-49-24-21-18-15-12-9-6-3)81-75(78)69-66-63-60-57-54-51-48-46-43-30-28-26-23-20-17-14-11-8-5-2/h17,20,22,25-26,28-29,31,33-34,72H,4-16,18-19,21,23-24,27,30,32,35-71H2,1-3H3/b20-17-,25-22-,28-26-,31-29-,34-33-. The van der Waals surface area contributed by atoms with Crippen LogP contribution in [0.5, 0.6) is 0 Å². The SMILES string of the molecule is CCCCC/C=C\C/C=C\CCCCCCCCCCCC(=O)OC(COC(=O)CCCCCCCCCCCCCCC)COC(=O)CCCCCCCCCCCCCCCCCC/C=C\C/C=C\C/C=C\CCCCCCC. The molecular weight excluding hydrogens is 997 g/mol. The summed E-state index contributed by atoms with van der Waals surface area (Å²) in [5.74, 6) is -0.851. The van der Waals surface area contributed by atoms with Crippen LogP contribution in [0, 0.1) is 0 Å². The molecule has 0 saturated carbocycles. The molecule has 472 valence electrons. The lowest BCUT2D eigenvalue weighted by Gasteiger charge is -2.18. The first-order chi connectivity index (χ1) is 40.0. The van der Waals surface area contributed by atoms with Crippen molar-refractivity contribution in [1.82, 2.24) is 0 Å². The van der Waals surface area contributed by atoms with E-state index in [0.717, 1.165) is 77.0 Å². The first-order valence-electron chi connectivity index (χ1n) is 35.8. The maximum Gasteiger partial charge on any atom is 0.306 e. The summed E-state index contributed by atoms with van der Waals surface area (Å²) in [5, 5.41) is 0. The molecule has 81 heavy (non-hydrogen) atoms. The van der Waals surface area contributed by atoms with Gasteiger partial charge >= 0.3 is 17.9 Å². The molecule has 1 atom stereocenters. The summed E-state index contributed by atoms with van der Waals surface area (Å²) in [6.07, 6.45) is 89.6. The lowest BCUT2D eigenvalue weighted by Crippen LogP contribution is -2.30. The highest BCUT2D eigenvalue weighted by Crippen LogP contribution is 2.18. The van der Waals surface area contributed by atoms with E-state index >= 15 is 0 Å². The van der Waals surface area contributed by atoms with Gasteiger partial charge in [-0.3, -0.25) is 14.4 Å². The lowest BCUT2D eigenvalue weighted by atomic mass is 10.0. The second-order valence-corrected chi connectivity index (χ2v) is 24.1. The fourth-order valence-electron chi connectivity index (χ4n) is 10.6. The maximum absolute atomic E-state index is 12.9. The molecule has 0 aliphatic carbocycles. The molecule has 0 spiro atoms. The Balaban J connectivity index is 4.19. The molecule has 6 nitrogen and oxygen atoms in total. The van der Waals surface area contributed by atoms with Gasteiger partial charge in [0.1, 0.15) is 13.2 Å². The van der Waals surface area contributed by atoms with Gasteiger partial charge in [-0.25, -0.2) is 0 Å². The summed E-state index contributed by atoms with van der Waals surface area (Å²) >= 11 is 0. The molecule has 0 aliphatic heterocycles. The van der Waals surface area contributed by atoms with Gasteiger partial charge in [0, 0.05) is 19.3 Å². The molecular formula is C75H136O6. The molecule has 0 N–H and O–H groups in total. The molecule has 0 amide bonds. The number of carbonyl (C=O) groups is 3. The van der Waals surface area contributed by atoms with Gasteiger partial charge in [-0.15, -0.1) is 0 Å². The van der Waals surface area contributed by atoms with Gasteiger partial charge in [0.15, 0.2) is 6.10 Å². The maximum atomic E-state index is 12.9. The molecule has 0 aromatic carbocycles. The molecule has 1 unspecified atom stereocenters. The number of hydrogen-bond acceptors (Lipinski definition) is 6. The number of esters is 3. The third-order valence-corrected chi connectivity index (χ3v) is 16.0. The highest BCUT2D eigenvalue weighted by atomic mass is 16.6. The molecule has 0 aromatic rings. The van der Waals surface area contributed by atoms with E-state index in [-0.39, 0.29) is 31.1 Å². The molecule has 0 bridgehead atoms. The van der Waals surface area contributed by atoms with Crippen molar-refractivity contribution in [3.8, 4) is 0 Å². The molecule has 0 heterocycles. The predicted molar refractivity (Wildman–Crippen MR) is 353 cm³/mol. The number of allylic oxidation sites excluding steroid dienone is 10. The first-order valence-corrected chi connectivity index (χ1v) is 35.8. The molecule has 0 saturated heterocycles. The van der Waals surface area contributed by atoms with Crippen molar-refractivity contribution < 1.29 is 28.6 Å². The largest absolute Gasteiger partial charge is 0.462 e. The Hall–Kier alpha value is -2.89. The quantitative estimate of drug-likeness (QED) is 0.0261. The minimum absolute atomic E-state index is 0.0708. The summed E-state index contributed by atoms with van der Waals surface area (Å²) in [6, 6.07) is 0. The predicted octanol–water partition coefficient (Wildman–Crippen LogP) is 24.7. The van der Waals surface area contributed by atoms with Crippen LogP contribution in [0.1, 0.15) is 380 Å². The molecule has 0 aromatic heterocycles. The van der Waals surface area contributed by atoms with Crippen LogP contribution in [0.25, 0.3) is 0 Å². The summed E-state index contributed by atoms with van der Waals surface area (Å²) in [5.41, 5.74) is 0. The van der Waals surface area contributed by atoms with E-state index in [4.69, 9.17) is 14.2 Å². The van der Waals surface area contributed by atoms with Crippen LogP contribution in [0.2, 0.25) is 0 Å². The van der Waals surface area contributed by atoms with Gasteiger partial charge in [0.05, 0.1) is 0 Å². The normalized spacial score (nSPS) is 12.4. The van der Waals surface area contributed by atoms with Crippen LogP contribution in [-0.2, 0) is 28.6 Å². The fourth-order valence-corrected chi connectivity index (χ4v) is 10.6. The van der Waals surface area contributed by atoms with Crippen LogP contribution < -0.4 is 0 Å². The van der Waals surface area contributed by atoms with Crippen molar-refractivity contribution in [3.05, 3.63) is 60.8 Å². The highest BCUT2D eigenvalue weighted by molar-refractivity contribution is 5.71. The van der Waals surface area contributed by atoms with E-state index in [9.17, 15) is 14.4 Å². The smallest absolute Gasteiger partial charge is 0.306 e. The Kier molecular flexibility index (Phi) is 67.1. The van der Waals surface area contributed by atoms with Crippen molar-refractivity contribution in [2.45, 2.75) is 386 Å². The van der Waals surface area contributed by atoms with Crippen molar-refractivity contribution in [3.63, 3.8) is 0 Å². The Morgan fingerprint density at radius 1 is 0.247 bits per heavy atom. The van der Waals surface area contributed by atoms with Gasteiger partial charge in [-0.1, -0.05) is 332 Å². The van der Waals surface area contributed by atoms with Crippen LogP contribution in [-0.4, -0.2) is 37.2 Å². The van der Waals surface area contributed by atoms with Gasteiger partial charge < -0.3 is 14.2 Å². The zero-order valence-corrected chi connectivity index (χ0v) is 54.3. The van der Waals surface area contributed by atoms with E-state index in [1.807, 2.05) is 0 Å². The van der Waals surface area contributed by atoms with E-state index in [2.05, 4.69) is 81.5 Å². The number of ether oxygens (including phenoxy) is 3. The van der Waals surface area contributed by atoms with E-state index < -0.39 is 6.10 Å². The zero-order chi connectivity index (χ0) is 58.5. The Morgan fingerprint density at radius 2 is 0.444 bits per heavy atom. The number of rotatable bonds is 66. The van der Waals surface area contributed by atoms with Gasteiger partial charge in [-0.2, -0.15) is 0 Å². The fraction of sp³-hybridized carbons (Fsp3) is 0.827. The van der Waals surface area contributed by atoms with Crippen LogP contribution in [0.4, 0.5) is 0 Å². The Bertz CT molecular complexity index is 1440. The summed E-state index contributed by atoms with van der Waals surface area (Å²) in [7, 11) is 0. The van der Waals surface area contributed by atoms with Gasteiger partial charge in [-0.05, 0) is 89.9 Å². The minimum Gasteiger partial charge on any atom is -0.462 e. The van der Waals surface area contributed by atoms with E-state index in [1.165, 1.54) is 263 Å². The highest BCUT2D eigenvalue weighted by Gasteiger charge is 2.19. The van der Waals surface area contributed by atoms with Gasteiger partial charge in [0.2, 0.25) is 0 Å².